The zero-order chi connectivity index (χ0) is 30.3. The summed E-state index contributed by atoms with van der Waals surface area (Å²) in [6.07, 6.45) is -0.177. The van der Waals surface area contributed by atoms with Crippen LogP contribution in [0.5, 0.6) is 5.88 Å². The number of benzene rings is 1. The molecule has 1 aliphatic rings. The van der Waals surface area contributed by atoms with Crippen molar-refractivity contribution in [2.24, 2.45) is 0 Å². The number of nitrogens with one attached hydrogen (secondary N) is 2. The Morgan fingerprint density at radius 2 is 1.68 bits per heavy atom. The molecule has 0 saturated carbocycles. The molecule has 0 bridgehead atoms. The van der Waals surface area contributed by atoms with Gasteiger partial charge < -0.3 is 19.3 Å². The third-order valence-corrected chi connectivity index (χ3v) is 5.82. The molecule has 3 heterocycles. The maximum absolute atomic E-state index is 16.3. The minimum Gasteiger partial charge on any atom is -0.474 e. The molecule has 0 radical (unpaired) electrons. The lowest BCUT2D eigenvalue weighted by molar-refractivity contribution is 0.0564. The molecule has 0 fully saturated rings. The average Bonchev–Trinajstić information content (AvgIpc) is 2.83. The van der Waals surface area contributed by atoms with Gasteiger partial charge in [0.25, 0.3) is 0 Å². The number of pyridine rings is 2. The highest BCUT2D eigenvalue weighted by Crippen LogP contribution is 2.42. The number of fused-ring (bicyclic) bond motifs is 2. The first kappa shape index (κ1) is 29.3. The van der Waals surface area contributed by atoms with Crippen molar-refractivity contribution in [2.45, 2.75) is 59.7 Å². The highest BCUT2D eigenvalue weighted by molar-refractivity contribution is 6.04. The Hall–Kier alpha value is -4.68. The first-order chi connectivity index (χ1) is 19.0. The van der Waals surface area contributed by atoms with Gasteiger partial charge in [-0.25, -0.2) is 28.7 Å². The molecule has 0 aliphatic carbocycles. The molecule has 12 nitrogen and oxygen atoms in total. The van der Waals surface area contributed by atoms with Crippen molar-refractivity contribution in [3.8, 4) is 17.0 Å². The van der Waals surface area contributed by atoms with E-state index in [-0.39, 0.29) is 41.5 Å². The molecular weight excluding hydrogens is 537 g/mol. The molecule has 3 aromatic rings. The number of nitrogens with zero attached hydrogens (tertiary/aromatic N) is 3. The molecule has 0 saturated heterocycles. The van der Waals surface area contributed by atoms with Crippen LogP contribution in [0.1, 0.15) is 47.1 Å². The largest absolute Gasteiger partial charge is 0.474 e. The predicted octanol–water partition coefficient (Wildman–Crippen LogP) is 6.32. The second kappa shape index (κ2) is 10.7. The van der Waals surface area contributed by atoms with Gasteiger partial charge in [-0.15, -0.1) is 0 Å². The second-order valence-electron chi connectivity index (χ2n) is 11.4. The Labute approximate surface area is 235 Å². The molecule has 3 N–H and O–H groups in total. The SMILES string of the molecule is Cc1c(-c2cc3cc(NC(=O)O)ncc3c(NC(=O)OC(C)(C)C)c2F)cnc2c1N(C(=O)OC(C)(C)C)CCO2. The molecule has 0 atom stereocenters. The van der Waals surface area contributed by atoms with Crippen LogP contribution in [0.4, 0.5) is 36.0 Å². The van der Waals surface area contributed by atoms with Crippen molar-refractivity contribution in [1.82, 2.24) is 9.97 Å². The summed E-state index contributed by atoms with van der Waals surface area (Å²) in [4.78, 5) is 46.7. The molecule has 0 unspecified atom stereocenters. The zero-order valence-electron chi connectivity index (χ0n) is 23.8. The Morgan fingerprint density at radius 3 is 2.32 bits per heavy atom. The maximum Gasteiger partial charge on any atom is 0.415 e. The standard InChI is InChI=1S/C28H32FN5O7/c1-14-17(12-31-23-22(14)34(8-9-39-23)26(38)41-28(5,6)7)16-10-15-11-19(32-24(35)36)30-13-18(15)21(20(16)29)33-25(37)40-27(2,3)4/h10-13H,8-9H2,1-7H3,(H,30,32)(H,33,37)(H,35,36). The Kier molecular flexibility index (Phi) is 7.66. The number of hydrogen-bond acceptors (Lipinski definition) is 8. The van der Waals surface area contributed by atoms with E-state index in [9.17, 15) is 14.4 Å². The van der Waals surface area contributed by atoms with Crippen molar-refractivity contribution >= 4 is 46.2 Å². The van der Waals surface area contributed by atoms with Gasteiger partial charge in [0.15, 0.2) is 5.82 Å². The van der Waals surface area contributed by atoms with E-state index in [1.54, 1.807) is 48.5 Å². The van der Waals surface area contributed by atoms with Crippen LogP contribution < -0.4 is 20.3 Å². The average molecular weight is 570 g/mol. The summed E-state index contributed by atoms with van der Waals surface area (Å²) in [7, 11) is 0. The number of ether oxygens (including phenoxy) is 3. The molecular formula is C28H32FN5O7. The quantitative estimate of drug-likeness (QED) is 0.329. The normalized spacial score (nSPS) is 13.2. The third kappa shape index (κ3) is 6.56. The Morgan fingerprint density at radius 1 is 1.00 bits per heavy atom. The lowest BCUT2D eigenvalue weighted by Gasteiger charge is -2.32. The van der Waals surface area contributed by atoms with Crippen molar-refractivity contribution in [3.05, 3.63) is 35.9 Å². The van der Waals surface area contributed by atoms with Crippen molar-refractivity contribution in [1.29, 1.82) is 0 Å². The van der Waals surface area contributed by atoms with Crippen LogP contribution in [0.3, 0.4) is 0 Å². The van der Waals surface area contributed by atoms with Gasteiger partial charge in [0.2, 0.25) is 5.88 Å². The molecule has 3 amide bonds. The fourth-order valence-corrected chi connectivity index (χ4v) is 4.28. The van der Waals surface area contributed by atoms with Gasteiger partial charge >= 0.3 is 18.3 Å². The fraction of sp³-hybridized carbons (Fsp3) is 0.393. The summed E-state index contributed by atoms with van der Waals surface area (Å²) in [6.45, 7) is 12.3. The van der Waals surface area contributed by atoms with Crippen molar-refractivity contribution < 1.29 is 38.1 Å². The molecule has 1 aliphatic heterocycles. The number of anilines is 3. The number of carbonyl (C=O) groups excluding carboxylic acids is 2. The summed E-state index contributed by atoms with van der Waals surface area (Å²) in [5.41, 5.74) is -0.700. The van der Waals surface area contributed by atoms with Crippen LogP contribution in [0.2, 0.25) is 0 Å². The van der Waals surface area contributed by atoms with E-state index in [4.69, 9.17) is 19.3 Å². The number of carbonyl (C=O) groups is 3. The Bertz CT molecular complexity index is 1550. The summed E-state index contributed by atoms with van der Waals surface area (Å²) < 4.78 is 32.9. The smallest absolute Gasteiger partial charge is 0.415 e. The van der Waals surface area contributed by atoms with E-state index in [0.29, 0.717) is 22.2 Å². The van der Waals surface area contributed by atoms with Crippen LogP contribution in [0.15, 0.2) is 24.5 Å². The number of amides is 3. The van der Waals surface area contributed by atoms with Gasteiger partial charge in [-0.05, 0) is 71.5 Å². The minimum atomic E-state index is -1.33. The number of carboxylic acid groups (broad SMARTS) is 1. The lowest BCUT2D eigenvalue weighted by Crippen LogP contribution is -2.42. The molecule has 13 heteroatoms. The van der Waals surface area contributed by atoms with E-state index in [2.05, 4.69) is 20.6 Å². The van der Waals surface area contributed by atoms with Crippen LogP contribution in [0.25, 0.3) is 21.9 Å². The molecule has 2 aromatic heterocycles. The number of rotatable bonds is 3. The van der Waals surface area contributed by atoms with Gasteiger partial charge in [0, 0.05) is 28.9 Å². The first-order valence-corrected chi connectivity index (χ1v) is 12.8. The van der Waals surface area contributed by atoms with Gasteiger partial charge in [0.1, 0.15) is 29.3 Å². The molecule has 4 rings (SSSR count). The summed E-state index contributed by atoms with van der Waals surface area (Å²) in [5.74, 6) is -0.626. The highest BCUT2D eigenvalue weighted by Gasteiger charge is 2.32. The summed E-state index contributed by atoms with van der Waals surface area (Å²) >= 11 is 0. The van der Waals surface area contributed by atoms with E-state index in [1.807, 2.05) is 0 Å². The highest BCUT2D eigenvalue weighted by atomic mass is 19.1. The summed E-state index contributed by atoms with van der Waals surface area (Å²) in [6, 6.07) is 2.89. The van der Waals surface area contributed by atoms with Gasteiger partial charge in [-0.3, -0.25) is 15.5 Å². The molecule has 41 heavy (non-hydrogen) atoms. The minimum absolute atomic E-state index is 0.00411. The number of hydrogen-bond donors (Lipinski definition) is 3. The molecule has 0 spiro atoms. The van der Waals surface area contributed by atoms with Crippen LogP contribution >= 0.6 is 0 Å². The monoisotopic (exact) mass is 569 g/mol. The topological polar surface area (TPSA) is 152 Å². The van der Waals surface area contributed by atoms with E-state index in [1.165, 1.54) is 29.4 Å². The number of halogens is 1. The first-order valence-electron chi connectivity index (χ1n) is 12.8. The van der Waals surface area contributed by atoms with Gasteiger partial charge in [-0.1, -0.05) is 0 Å². The summed E-state index contributed by atoms with van der Waals surface area (Å²) in [5, 5.41) is 14.3. The van der Waals surface area contributed by atoms with Crippen LogP contribution in [0, 0.1) is 12.7 Å². The maximum atomic E-state index is 16.3. The second-order valence-corrected chi connectivity index (χ2v) is 11.4. The van der Waals surface area contributed by atoms with Crippen LogP contribution in [-0.2, 0) is 9.47 Å². The van der Waals surface area contributed by atoms with Crippen LogP contribution in [-0.4, -0.2) is 57.7 Å². The zero-order valence-corrected chi connectivity index (χ0v) is 23.8. The fourth-order valence-electron chi connectivity index (χ4n) is 4.28. The van der Waals surface area contributed by atoms with Gasteiger partial charge in [0.05, 0.1) is 12.2 Å². The Balaban J connectivity index is 1.90. The number of aromatic nitrogens is 2. The van der Waals surface area contributed by atoms with E-state index in [0.717, 1.165) is 0 Å². The van der Waals surface area contributed by atoms with Crippen molar-refractivity contribution in [3.63, 3.8) is 0 Å². The predicted molar refractivity (Wildman–Crippen MR) is 150 cm³/mol. The lowest BCUT2D eigenvalue weighted by atomic mass is 9.96. The van der Waals surface area contributed by atoms with E-state index >= 15 is 4.39 Å². The third-order valence-electron chi connectivity index (χ3n) is 5.82. The molecule has 1 aromatic carbocycles. The molecule has 218 valence electrons. The van der Waals surface area contributed by atoms with Crippen molar-refractivity contribution in [2.75, 3.05) is 28.7 Å². The van der Waals surface area contributed by atoms with E-state index < -0.39 is 35.3 Å². The van der Waals surface area contributed by atoms with Gasteiger partial charge in [-0.2, -0.15) is 0 Å².